The number of hydrogen-bond donors (Lipinski definition) is 1. The third-order valence-corrected chi connectivity index (χ3v) is 3.88. The normalized spacial score (nSPS) is 11.9. The first-order chi connectivity index (χ1) is 11.1. The van der Waals surface area contributed by atoms with Crippen LogP contribution in [0.2, 0.25) is 5.02 Å². The molecule has 3 nitrogen and oxygen atoms in total. The molecule has 1 N–H and O–H groups in total. The summed E-state index contributed by atoms with van der Waals surface area (Å²) in [5, 5.41) is 9.96. The van der Waals surface area contributed by atoms with Crippen LogP contribution in [0.4, 0.5) is 0 Å². The smallest absolute Gasteiger partial charge is 0.345 e. The summed E-state index contributed by atoms with van der Waals surface area (Å²) in [5.41, 5.74) is 2.23. The molecule has 0 aliphatic carbocycles. The van der Waals surface area contributed by atoms with Gasteiger partial charge in [0.05, 0.1) is 0 Å². The molecular formula is C19H21ClO3. The van der Waals surface area contributed by atoms with Gasteiger partial charge in [-0.2, -0.15) is 0 Å². The van der Waals surface area contributed by atoms with Crippen molar-refractivity contribution in [3.63, 3.8) is 0 Å². The number of carboxylic acids is 1. The van der Waals surface area contributed by atoms with Crippen molar-refractivity contribution in [1.82, 2.24) is 0 Å². The molecule has 0 fully saturated rings. The van der Waals surface area contributed by atoms with E-state index in [-0.39, 0.29) is 0 Å². The number of hydrogen-bond acceptors (Lipinski definition) is 2. The van der Waals surface area contributed by atoms with Crippen molar-refractivity contribution in [2.45, 2.75) is 38.7 Å². The molecule has 1 atom stereocenters. The van der Waals surface area contributed by atoms with Crippen molar-refractivity contribution >= 4 is 17.6 Å². The van der Waals surface area contributed by atoms with Crippen LogP contribution in [0, 0.1) is 0 Å². The highest BCUT2D eigenvalue weighted by Gasteiger charge is 2.20. The highest BCUT2D eigenvalue weighted by molar-refractivity contribution is 6.30. The van der Waals surface area contributed by atoms with Crippen molar-refractivity contribution in [2.75, 3.05) is 0 Å². The monoisotopic (exact) mass is 332 g/mol. The Balaban J connectivity index is 2.01. The average molecular weight is 333 g/mol. The number of unbranched alkanes of at least 4 members (excludes halogenated alkanes) is 1. The van der Waals surface area contributed by atoms with E-state index in [1.54, 1.807) is 24.3 Å². The van der Waals surface area contributed by atoms with Crippen LogP contribution in [0.5, 0.6) is 5.75 Å². The van der Waals surface area contributed by atoms with Gasteiger partial charge in [-0.15, -0.1) is 0 Å². The van der Waals surface area contributed by atoms with E-state index in [0.717, 1.165) is 24.8 Å². The summed E-state index contributed by atoms with van der Waals surface area (Å²) in [6, 6.07) is 14.8. The van der Waals surface area contributed by atoms with Crippen LogP contribution in [0.25, 0.3) is 0 Å². The third-order valence-electron chi connectivity index (χ3n) is 3.63. The van der Waals surface area contributed by atoms with Crippen molar-refractivity contribution in [3.8, 4) is 5.75 Å². The molecule has 0 saturated carbocycles. The van der Waals surface area contributed by atoms with Crippen LogP contribution >= 0.6 is 11.6 Å². The summed E-state index contributed by atoms with van der Waals surface area (Å²) < 4.78 is 5.57. The molecule has 0 unspecified atom stereocenters. The maximum atomic E-state index is 11.4. The van der Waals surface area contributed by atoms with Gasteiger partial charge in [0, 0.05) is 11.4 Å². The van der Waals surface area contributed by atoms with E-state index >= 15 is 0 Å². The second kappa shape index (κ2) is 8.59. The Bertz CT molecular complexity index is 620. The van der Waals surface area contributed by atoms with Gasteiger partial charge in [-0.3, -0.25) is 0 Å². The van der Waals surface area contributed by atoms with Crippen molar-refractivity contribution in [2.24, 2.45) is 0 Å². The van der Waals surface area contributed by atoms with Crippen molar-refractivity contribution in [3.05, 3.63) is 64.7 Å². The first-order valence-corrected chi connectivity index (χ1v) is 8.19. The Morgan fingerprint density at radius 3 is 2.26 bits per heavy atom. The minimum Gasteiger partial charge on any atom is -0.478 e. The van der Waals surface area contributed by atoms with Gasteiger partial charge in [0.25, 0.3) is 0 Å². The van der Waals surface area contributed by atoms with E-state index in [0.29, 0.717) is 17.2 Å². The predicted octanol–water partition coefficient (Wildman–Crippen LogP) is 4.76. The maximum Gasteiger partial charge on any atom is 0.345 e. The molecule has 0 bridgehead atoms. The fraction of sp³-hybridized carbons (Fsp3) is 0.316. The number of halogens is 1. The lowest BCUT2D eigenvalue weighted by molar-refractivity contribution is -0.145. The fourth-order valence-corrected chi connectivity index (χ4v) is 2.42. The molecular weight excluding hydrogens is 312 g/mol. The minimum atomic E-state index is -0.977. The number of carbonyl (C=O) groups is 1. The van der Waals surface area contributed by atoms with E-state index in [9.17, 15) is 9.90 Å². The van der Waals surface area contributed by atoms with Crippen molar-refractivity contribution < 1.29 is 14.6 Å². The lowest BCUT2D eigenvalue weighted by Crippen LogP contribution is -2.29. The van der Waals surface area contributed by atoms with Gasteiger partial charge in [-0.1, -0.05) is 49.2 Å². The summed E-state index contributed by atoms with van der Waals surface area (Å²) in [5.74, 6) is -0.476. The lowest BCUT2D eigenvalue weighted by atomic mass is 10.0. The van der Waals surface area contributed by atoms with E-state index < -0.39 is 12.1 Å². The summed E-state index contributed by atoms with van der Waals surface area (Å²) in [6.07, 6.45) is 2.79. The topological polar surface area (TPSA) is 46.5 Å². The Kier molecular flexibility index (Phi) is 6.48. The molecule has 0 aliphatic heterocycles. The van der Waals surface area contributed by atoms with Gasteiger partial charge in [0.1, 0.15) is 5.75 Å². The van der Waals surface area contributed by atoms with E-state index in [4.69, 9.17) is 16.3 Å². The van der Waals surface area contributed by atoms with Crippen molar-refractivity contribution in [1.29, 1.82) is 0 Å². The first-order valence-electron chi connectivity index (χ1n) is 7.81. The molecule has 23 heavy (non-hydrogen) atoms. The zero-order valence-electron chi connectivity index (χ0n) is 13.2. The van der Waals surface area contributed by atoms with Gasteiger partial charge >= 0.3 is 5.97 Å². The molecule has 0 saturated heterocycles. The molecule has 122 valence electrons. The van der Waals surface area contributed by atoms with Crippen LogP contribution in [-0.2, 0) is 17.6 Å². The Morgan fingerprint density at radius 1 is 1.09 bits per heavy atom. The average Bonchev–Trinajstić information content (AvgIpc) is 2.55. The number of benzene rings is 2. The number of aryl methyl sites for hydroxylation is 1. The van der Waals surface area contributed by atoms with Gasteiger partial charge in [0.2, 0.25) is 0 Å². The molecule has 0 aromatic heterocycles. The van der Waals surface area contributed by atoms with E-state index in [2.05, 4.69) is 19.1 Å². The van der Waals surface area contributed by atoms with Crippen LogP contribution in [0.15, 0.2) is 48.5 Å². The third kappa shape index (κ3) is 5.61. The standard InChI is InChI=1S/C19H21ClO3/c1-2-3-4-14-5-7-15(8-6-14)13-18(19(21)22)23-17-11-9-16(20)10-12-17/h5-12,18H,2-4,13H2,1H3,(H,21,22)/t18-/m1/s1. The highest BCUT2D eigenvalue weighted by Crippen LogP contribution is 2.19. The molecule has 2 rings (SSSR count). The summed E-state index contributed by atoms with van der Waals surface area (Å²) in [6.45, 7) is 2.17. The number of ether oxygens (including phenoxy) is 1. The zero-order chi connectivity index (χ0) is 16.7. The summed E-state index contributed by atoms with van der Waals surface area (Å²) in [4.78, 5) is 11.4. The van der Waals surface area contributed by atoms with Crippen LogP contribution in [-0.4, -0.2) is 17.2 Å². The molecule has 0 spiro atoms. The van der Waals surface area contributed by atoms with Crippen LogP contribution in [0.1, 0.15) is 30.9 Å². The van der Waals surface area contributed by atoms with Gasteiger partial charge in [-0.25, -0.2) is 4.79 Å². The number of carboxylic acid groups (broad SMARTS) is 1. The summed E-state index contributed by atoms with van der Waals surface area (Å²) >= 11 is 5.82. The molecule has 4 heteroatoms. The number of aliphatic carboxylic acids is 1. The fourth-order valence-electron chi connectivity index (χ4n) is 2.29. The van der Waals surface area contributed by atoms with E-state index in [1.165, 1.54) is 5.56 Å². The number of rotatable bonds is 8. The highest BCUT2D eigenvalue weighted by atomic mass is 35.5. The van der Waals surface area contributed by atoms with Crippen LogP contribution < -0.4 is 4.74 Å². The molecule has 2 aromatic carbocycles. The first kappa shape index (κ1) is 17.4. The predicted molar refractivity (Wildman–Crippen MR) is 92.3 cm³/mol. The SMILES string of the molecule is CCCCc1ccc(C[C@@H](Oc2ccc(Cl)cc2)C(=O)O)cc1. The lowest BCUT2D eigenvalue weighted by Gasteiger charge is -2.15. The van der Waals surface area contributed by atoms with Gasteiger partial charge < -0.3 is 9.84 Å². The minimum absolute atomic E-state index is 0.325. The molecule has 0 aliphatic rings. The Labute approximate surface area is 141 Å². The largest absolute Gasteiger partial charge is 0.478 e. The van der Waals surface area contributed by atoms with E-state index in [1.807, 2.05) is 12.1 Å². The second-order valence-electron chi connectivity index (χ2n) is 5.52. The van der Waals surface area contributed by atoms with Gasteiger partial charge in [0.15, 0.2) is 6.10 Å². The van der Waals surface area contributed by atoms with Gasteiger partial charge in [-0.05, 0) is 48.2 Å². The molecule has 0 amide bonds. The molecule has 2 aromatic rings. The Hall–Kier alpha value is -2.00. The Morgan fingerprint density at radius 2 is 1.70 bits per heavy atom. The second-order valence-corrected chi connectivity index (χ2v) is 5.96. The molecule has 0 radical (unpaired) electrons. The summed E-state index contributed by atoms with van der Waals surface area (Å²) in [7, 11) is 0. The zero-order valence-corrected chi connectivity index (χ0v) is 13.9. The molecule has 0 heterocycles. The van der Waals surface area contributed by atoms with Crippen LogP contribution in [0.3, 0.4) is 0 Å². The quantitative estimate of drug-likeness (QED) is 0.758. The maximum absolute atomic E-state index is 11.4.